The molecule has 1 saturated carbocycles. The summed E-state index contributed by atoms with van der Waals surface area (Å²) in [6.07, 6.45) is 5.65. The van der Waals surface area contributed by atoms with Gasteiger partial charge in [0.05, 0.1) is 5.69 Å². The highest BCUT2D eigenvalue weighted by atomic mass is 16.6. The van der Waals surface area contributed by atoms with Gasteiger partial charge in [-0.25, -0.2) is 0 Å². The quantitative estimate of drug-likeness (QED) is 0.711. The van der Waals surface area contributed by atoms with Crippen LogP contribution in [0.5, 0.6) is 0 Å². The van der Waals surface area contributed by atoms with Gasteiger partial charge in [-0.05, 0) is 30.9 Å². The Labute approximate surface area is 82.8 Å². The van der Waals surface area contributed by atoms with Crippen molar-refractivity contribution < 1.29 is 4.84 Å². The second kappa shape index (κ2) is 3.08. The second-order valence-corrected chi connectivity index (χ2v) is 3.94. The van der Waals surface area contributed by atoms with Crippen molar-refractivity contribution in [3.05, 3.63) is 30.1 Å². The van der Waals surface area contributed by atoms with Crippen molar-refractivity contribution in [3.8, 4) is 0 Å². The molecule has 0 spiro atoms. The van der Waals surface area contributed by atoms with Crippen molar-refractivity contribution in [2.24, 2.45) is 11.1 Å². The van der Waals surface area contributed by atoms with Gasteiger partial charge in [-0.15, -0.1) is 0 Å². The van der Waals surface area contributed by atoms with Crippen LogP contribution in [0.25, 0.3) is 0 Å². The van der Waals surface area contributed by atoms with Gasteiger partial charge in [0.15, 0.2) is 0 Å². The molecule has 1 fully saturated rings. The van der Waals surface area contributed by atoms with Gasteiger partial charge in [-0.3, -0.25) is 4.98 Å². The molecule has 3 nitrogen and oxygen atoms in total. The average molecular weight is 188 g/mol. The van der Waals surface area contributed by atoms with E-state index in [9.17, 15) is 0 Å². The predicted molar refractivity (Wildman–Crippen MR) is 53.0 cm³/mol. The maximum Gasteiger partial charge on any atom is 0.136 e. The first-order valence-corrected chi connectivity index (χ1v) is 5.07. The lowest BCUT2D eigenvalue weighted by molar-refractivity contribution is 0.0694. The summed E-state index contributed by atoms with van der Waals surface area (Å²) in [4.78, 5) is 9.66. The SMILES string of the molecule is c1ccc(C2=NOC(C3CC3)C2)nc1. The molecular formula is C11H12N2O. The first-order valence-electron chi connectivity index (χ1n) is 5.07. The summed E-state index contributed by atoms with van der Waals surface area (Å²) in [6.45, 7) is 0. The summed E-state index contributed by atoms with van der Waals surface area (Å²) in [7, 11) is 0. The first-order chi connectivity index (χ1) is 6.93. The topological polar surface area (TPSA) is 34.5 Å². The molecule has 3 rings (SSSR count). The molecule has 1 aromatic rings. The normalized spacial score (nSPS) is 25.7. The van der Waals surface area contributed by atoms with Gasteiger partial charge in [0.2, 0.25) is 0 Å². The lowest BCUT2D eigenvalue weighted by Gasteiger charge is -2.03. The lowest BCUT2D eigenvalue weighted by Crippen LogP contribution is -2.10. The number of hydrogen-bond acceptors (Lipinski definition) is 3. The molecule has 0 bridgehead atoms. The van der Waals surface area contributed by atoms with Crippen LogP contribution in [0.2, 0.25) is 0 Å². The van der Waals surface area contributed by atoms with E-state index in [0.717, 1.165) is 23.7 Å². The van der Waals surface area contributed by atoms with E-state index in [2.05, 4.69) is 10.1 Å². The minimum atomic E-state index is 0.326. The van der Waals surface area contributed by atoms with E-state index in [1.54, 1.807) is 6.20 Å². The summed E-state index contributed by atoms with van der Waals surface area (Å²) in [5, 5.41) is 4.10. The van der Waals surface area contributed by atoms with Gasteiger partial charge in [0.1, 0.15) is 11.8 Å². The fraction of sp³-hybridized carbons (Fsp3) is 0.455. The van der Waals surface area contributed by atoms with Crippen LogP contribution in [0, 0.1) is 5.92 Å². The Kier molecular flexibility index (Phi) is 1.76. The molecule has 0 radical (unpaired) electrons. The average Bonchev–Trinajstić information content (AvgIpc) is 2.98. The zero-order valence-corrected chi connectivity index (χ0v) is 7.89. The highest BCUT2D eigenvalue weighted by Crippen LogP contribution is 2.38. The van der Waals surface area contributed by atoms with Gasteiger partial charge in [0, 0.05) is 12.6 Å². The van der Waals surface area contributed by atoms with Crippen molar-refractivity contribution in [2.45, 2.75) is 25.4 Å². The zero-order chi connectivity index (χ0) is 9.38. The predicted octanol–water partition coefficient (Wildman–Crippen LogP) is 1.98. The van der Waals surface area contributed by atoms with Crippen molar-refractivity contribution in [1.29, 1.82) is 0 Å². The summed E-state index contributed by atoms with van der Waals surface area (Å²) in [6, 6.07) is 5.88. The standard InChI is InChI=1S/C11H12N2O/c1-2-6-12-9(3-1)10-7-11(14-13-10)8-4-5-8/h1-3,6,8,11H,4-5,7H2. The molecular weight excluding hydrogens is 176 g/mol. The van der Waals surface area contributed by atoms with Crippen LogP contribution in [0.15, 0.2) is 29.6 Å². The molecule has 1 aromatic heterocycles. The van der Waals surface area contributed by atoms with Crippen molar-refractivity contribution in [2.75, 3.05) is 0 Å². The molecule has 2 aliphatic rings. The number of nitrogens with zero attached hydrogens (tertiary/aromatic N) is 2. The van der Waals surface area contributed by atoms with Crippen molar-refractivity contribution in [1.82, 2.24) is 4.98 Å². The van der Waals surface area contributed by atoms with Gasteiger partial charge >= 0.3 is 0 Å². The molecule has 0 aromatic carbocycles. The van der Waals surface area contributed by atoms with E-state index in [1.165, 1.54) is 12.8 Å². The van der Waals surface area contributed by atoms with Crippen molar-refractivity contribution in [3.63, 3.8) is 0 Å². The molecule has 72 valence electrons. The third-order valence-electron chi connectivity index (χ3n) is 2.80. The largest absolute Gasteiger partial charge is 0.391 e. The van der Waals surface area contributed by atoms with Gasteiger partial charge < -0.3 is 4.84 Å². The van der Waals surface area contributed by atoms with Crippen molar-refractivity contribution >= 4 is 5.71 Å². The van der Waals surface area contributed by atoms with Crippen LogP contribution < -0.4 is 0 Å². The molecule has 1 aliphatic carbocycles. The Hall–Kier alpha value is -1.38. The summed E-state index contributed by atoms with van der Waals surface area (Å²) in [5.41, 5.74) is 1.96. The number of hydrogen-bond donors (Lipinski definition) is 0. The molecule has 0 amide bonds. The number of rotatable bonds is 2. The van der Waals surface area contributed by atoms with Crippen LogP contribution >= 0.6 is 0 Å². The van der Waals surface area contributed by atoms with Gasteiger partial charge in [-0.2, -0.15) is 0 Å². The second-order valence-electron chi connectivity index (χ2n) is 3.94. The highest BCUT2D eigenvalue weighted by Gasteiger charge is 2.37. The molecule has 1 atom stereocenters. The first kappa shape index (κ1) is 7.97. The van der Waals surface area contributed by atoms with E-state index in [4.69, 9.17) is 4.84 Å². The molecule has 2 heterocycles. The molecule has 14 heavy (non-hydrogen) atoms. The zero-order valence-electron chi connectivity index (χ0n) is 7.89. The van der Waals surface area contributed by atoms with E-state index in [0.29, 0.717) is 6.10 Å². The van der Waals surface area contributed by atoms with Crippen LogP contribution in [0.4, 0.5) is 0 Å². The third-order valence-corrected chi connectivity index (χ3v) is 2.80. The van der Waals surface area contributed by atoms with E-state index in [1.807, 2.05) is 18.2 Å². The highest BCUT2D eigenvalue weighted by molar-refractivity contribution is 5.99. The number of aromatic nitrogens is 1. The third kappa shape index (κ3) is 1.39. The molecule has 1 aliphatic heterocycles. The Morgan fingerprint density at radius 2 is 2.21 bits per heavy atom. The molecule has 0 N–H and O–H groups in total. The Bertz CT molecular complexity index is 357. The minimum Gasteiger partial charge on any atom is -0.391 e. The molecule has 0 saturated heterocycles. The molecule has 3 heteroatoms. The van der Waals surface area contributed by atoms with Gasteiger partial charge in [-0.1, -0.05) is 11.2 Å². The van der Waals surface area contributed by atoms with Crippen LogP contribution in [0.1, 0.15) is 25.0 Å². The van der Waals surface area contributed by atoms with Crippen LogP contribution in [-0.4, -0.2) is 16.8 Å². The van der Waals surface area contributed by atoms with Crippen LogP contribution in [-0.2, 0) is 4.84 Å². The summed E-state index contributed by atoms with van der Waals surface area (Å²) < 4.78 is 0. The van der Waals surface area contributed by atoms with E-state index < -0.39 is 0 Å². The maximum absolute atomic E-state index is 5.39. The van der Waals surface area contributed by atoms with E-state index >= 15 is 0 Å². The monoisotopic (exact) mass is 188 g/mol. The molecule has 1 unspecified atom stereocenters. The fourth-order valence-electron chi connectivity index (χ4n) is 1.80. The lowest BCUT2D eigenvalue weighted by atomic mass is 10.1. The Morgan fingerprint density at radius 1 is 1.29 bits per heavy atom. The number of oxime groups is 1. The van der Waals surface area contributed by atoms with E-state index in [-0.39, 0.29) is 0 Å². The van der Waals surface area contributed by atoms with Crippen LogP contribution in [0.3, 0.4) is 0 Å². The fourth-order valence-corrected chi connectivity index (χ4v) is 1.80. The summed E-state index contributed by atoms with van der Waals surface area (Å²) >= 11 is 0. The van der Waals surface area contributed by atoms with Gasteiger partial charge in [0.25, 0.3) is 0 Å². The minimum absolute atomic E-state index is 0.326. The smallest absolute Gasteiger partial charge is 0.136 e. The maximum atomic E-state index is 5.39. The number of pyridine rings is 1. The summed E-state index contributed by atoms with van der Waals surface area (Å²) in [5.74, 6) is 0.750. The Morgan fingerprint density at radius 3 is 2.93 bits per heavy atom. The Balaban J connectivity index is 1.75.